The predicted octanol–water partition coefficient (Wildman–Crippen LogP) is 2.32. The molecule has 0 aliphatic heterocycles. The van der Waals surface area contributed by atoms with Gasteiger partial charge in [0.1, 0.15) is 0 Å². The van der Waals surface area contributed by atoms with Gasteiger partial charge in [-0.05, 0) is 17.3 Å². The molecule has 0 bridgehead atoms. The van der Waals surface area contributed by atoms with Crippen molar-refractivity contribution in [1.29, 1.82) is 0 Å². The van der Waals surface area contributed by atoms with Gasteiger partial charge in [0.2, 0.25) is 0 Å². The molecule has 0 saturated carbocycles. The van der Waals surface area contributed by atoms with Crippen molar-refractivity contribution in [2.75, 3.05) is 17.3 Å². The Morgan fingerprint density at radius 1 is 1.00 bits per heavy atom. The van der Waals surface area contributed by atoms with E-state index >= 15 is 0 Å². The normalized spacial score (nSPS) is 14.0. The molecule has 0 saturated heterocycles. The number of hydrogen-bond acceptors (Lipinski definition) is 1. The average molecular weight is 136 g/mol. The van der Waals surface area contributed by atoms with Crippen molar-refractivity contribution in [3.05, 3.63) is 0 Å². The fraction of sp³-hybridized carbons (Fsp3) is 1.00. The van der Waals surface area contributed by atoms with E-state index < -0.39 is 10.3 Å². The van der Waals surface area contributed by atoms with Crippen LogP contribution in [0.25, 0.3) is 0 Å². The summed E-state index contributed by atoms with van der Waals surface area (Å²) in [4.78, 5) is 0. The molecule has 8 heavy (non-hydrogen) atoms. The van der Waals surface area contributed by atoms with E-state index in [0.717, 1.165) is 17.3 Å². The van der Waals surface area contributed by atoms with Gasteiger partial charge in [-0.2, -0.15) is 0 Å². The van der Waals surface area contributed by atoms with E-state index in [4.69, 9.17) is 0 Å². The van der Waals surface area contributed by atoms with Crippen LogP contribution in [0, 0.1) is 0 Å². The Balaban J connectivity index is 3.58. The van der Waals surface area contributed by atoms with Gasteiger partial charge in [0.25, 0.3) is 0 Å². The van der Waals surface area contributed by atoms with E-state index in [1.165, 1.54) is 0 Å². The van der Waals surface area contributed by atoms with Crippen LogP contribution in [0.4, 0.5) is 0 Å². The van der Waals surface area contributed by atoms with Gasteiger partial charge in [-0.3, -0.25) is 0 Å². The Hall–Kier alpha value is 0.310. The molecule has 2 heteroatoms. The highest BCUT2D eigenvalue weighted by Crippen LogP contribution is 2.41. The first-order chi connectivity index (χ1) is 3.68. The van der Waals surface area contributed by atoms with Crippen molar-refractivity contribution in [3.8, 4) is 0 Å². The molecule has 0 amide bonds. The summed E-state index contributed by atoms with van der Waals surface area (Å²) in [7, 11) is -1.15. The van der Waals surface area contributed by atoms with Crippen LogP contribution in [0.3, 0.4) is 0 Å². The maximum absolute atomic E-state index is 9.52. The van der Waals surface area contributed by atoms with Crippen LogP contribution in [-0.2, 0) is 0 Å². The smallest absolute Gasteiger partial charge is 0.00410 e. The lowest BCUT2D eigenvalue weighted by molar-refractivity contribution is 0.627. The van der Waals surface area contributed by atoms with Crippen LogP contribution in [-0.4, -0.2) is 21.8 Å². The molecular formula is C6H16OS. The third-order valence-electron chi connectivity index (χ3n) is 1.61. The van der Waals surface area contributed by atoms with Crippen LogP contribution >= 0.6 is 10.3 Å². The Labute approximate surface area is 53.6 Å². The van der Waals surface area contributed by atoms with Crippen LogP contribution in [0.5, 0.6) is 0 Å². The Morgan fingerprint density at radius 2 is 1.25 bits per heavy atom. The third-order valence-corrected chi connectivity index (χ3v) is 4.84. The summed E-state index contributed by atoms with van der Waals surface area (Å²) in [6, 6.07) is 0. The maximum atomic E-state index is 9.52. The first kappa shape index (κ1) is 8.31. The van der Waals surface area contributed by atoms with Crippen molar-refractivity contribution in [2.24, 2.45) is 0 Å². The predicted molar refractivity (Wildman–Crippen MR) is 41.8 cm³/mol. The first-order valence-electron chi connectivity index (χ1n) is 3.17. The lowest BCUT2D eigenvalue weighted by Crippen LogP contribution is -2.06. The van der Waals surface area contributed by atoms with Crippen molar-refractivity contribution in [2.45, 2.75) is 20.8 Å². The second-order valence-electron chi connectivity index (χ2n) is 1.87. The van der Waals surface area contributed by atoms with E-state index in [9.17, 15) is 4.55 Å². The zero-order valence-corrected chi connectivity index (χ0v) is 6.79. The van der Waals surface area contributed by atoms with Gasteiger partial charge in [-0.1, -0.05) is 20.8 Å². The second-order valence-corrected chi connectivity index (χ2v) is 5.60. The van der Waals surface area contributed by atoms with Gasteiger partial charge in [0.05, 0.1) is 0 Å². The highest BCUT2D eigenvalue weighted by molar-refractivity contribution is 8.29. The largest absolute Gasteiger partial charge is 0.352 e. The van der Waals surface area contributed by atoms with Crippen LogP contribution in [0.2, 0.25) is 0 Å². The molecule has 0 rings (SSSR count). The summed E-state index contributed by atoms with van der Waals surface area (Å²) in [5.74, 6) is 2.88. The summed E-state index contributed by atoms with van der Waals surface area (Å²) < 4.78 is 9.52. The van der Waals surface area contributed by atoms with Gasteiger partial charge in [-0.15, -0.1) is 10.3 Å². The summed E-state index contributed by atoms with van der Waals surface area (Å²) in [6.45, 7) is 6.17. The van der Waals surface area contributed by atoms with E-state index in [0.29, 0.717) is 0 Å². The molecule has 0 aromatic carbocycles. The van der Waals surface area contributed by atoms with E-state index in [-0.39, 0.29) is 0 Å². The first-order valence-corrected chi connectivity index (χ1v) is 5.27. The molecule has 1 N–H and O–H groups in total. The van der Waals surface area contributed by atoms with E-state index in [1.807, 2.05) is 0 Å². The summed E-state index contributed by atoms with van der Waals surface area (Å²) in [6.07, 6.45) is 0. The molecule has 0 aliphatic rings. The fourth-order valence-electron chi connectivity index (χ4n) is 0.612. The molecular weight excluding hydrogens is 120 g/mol. The topological polar surface area (TPSA) is 20.2 Å². The summed E-state index contributed by atoms with van der Waals surface area (Å²) in [5.41, 5.74) is 0. The van der Waals surface area contributed by atoms with Gasteiger partial charge < -0.3 is 4.55 Å². The quantitative estimate of drug-likeness (QED) is 0.631. The minimum absolute atomic E-state index is 0.958. The molecule has 52 valence electrons. The minimum atomic E-state index is -1.15. The van der Waals surface area contributed by atoms with Gasteiger partial charge in [0.15, 0.2) is 0 Å². The van der Waals surface area contributed by atoms with Crippen molar-refractivity contribution >= 4 is 10.3 Å². The lowest BCUT2D eigenvalue weighted by Gasteiger charge is -2.29. The fourth-order valence-corrected chi connectivity index (χ4v) is 1.84. The number of hydrogen-bond donors (Lipinski definition) is 1. The molecule has 0 radical (unpaired) electrons. The SMILES string of the molecule is CCS(O)(CC)CC. The lowest BCUT2D eigenvalue weighted by atomic mass is 10.9. The zero-order chi connectivity index (χ0) is 6.62. The van der Waals surface area contributed by atoms with Crippen LogP contribution in [0.15, 0.2) is 0 Å². The van der Waals surface area contributed by atoms with Crippen LogP contribution < -0.4 is 0 Å². The Kier molecular flexibility index (Phi) is 3.49. The molecule has 0 fully saturated rings. The summed E-state index contributed by atoms with van der Waals surface area (Å²) in [5, 5.41) is 0. The number of rotatable bonds is 3. The Bertz CT molecular complexity index is 51.3. The van der Waals surface area contributed by atoms with Crippen molar-refractivity contribution in [1.82, 2.24) is 0 Å². The molecule has 0 atom stereocenters. The molecule has 0 aromatic heterocycles. The molecule has 0 unspecified atom stereocenters. The average Bonchev–Trinajstić information content (AvgIpc) is 1.87. The van der Waals surface area contributed by atoms with Crippen molar-refractivity contribution in [3.63, 3.8) is 0 Å². The molecule has 0 aliphatic carbocycles. The minimum Gasteiger partial charge on any atom is -0.352 e. The molecule has 1 nitrogen and oxygen atoms in total. The molecule has 0 aromatic rings. The Morgan fingerprint density at radius 3 is 1.25 bits per heavy atom. The second kappa shape index (κ2) is 3.36. The van der Waals surface area contributed by atoms with E-state index in [1.54, 1.807) is 0 Å². The standard InChI is InChI=1S/C6H16OS/c1-4-8(7,5-2)6-3/h7H,4-6H2,1-3H3. The third kappa shape index (κ3) is 2.05. The van der Waals surface area contributed by atoms with Gasteiger partial charge >= 0.3 is 0 Å². The van der Waals surface area contributed by atoms with Crippen LogP contribution in [0.1, 0.15) is 20.8 Å². The van der Waals surface area contributed by atoms with Crippen molar-refractivity contribution < 1.29 is 4.55 Å². The monoisotopic (exact) mass is 136 g/mol. The van der Waals surface area contributed by atoms with Gasteiger partial charge in [-0.25, -0.2) is 0 Å². The summed E-state index contributed by atoms with van der Waals surface area (Å²) >= 11 is 0. The van der Waals surface area contributed by atoms with E-state index in [2.05, 4.69) is 20.8 Å². The molecule has 0 heterocycles. The van der Waals surface area contributed by atoms with Gasteiger partial charge in [0, 0.05) is 0 Å². The maximum Gasteiger partial charge on any atom is -0.00410 e. The highest BCUT2D eigenvalue weighted by atomic mass is 32.3. The molecule has 0 spiro atoms. The zero-order valence-electron chi connectivity index (χ0n) is 5.98. The highest BCUT2D eigenvalue weighted by Gasteiger charge is 2.10.